The Balaban J connectivity index is 0.000000343. The normalized spacial score (nSPS) is 18.1. The van der Waals surface area contributed by atoms with Gasteiger partial charge in [-0.1, -0.05) is 12.5 Å². The number of hydrogen-bond acceptors (Lipinski definition) is 5. The molecule has 1 spiro atoms. The first kappa shape index (κ1) is 29.1. The zero-order valence-electron chi connectivity index (χ0n) is 18.2. The van der Waals surface area contributed by atoms with Gasteiger partial charge in [-0.3, -0.25) is 9.78 Å². The lowest BCUT2D eigenvalue weighted by Gasteiger charge is -2.50. The van der Waals surface area contributed by atoms with Gasteiger partial charge in [0, 0.05) is 24.8 Å². The maximum absolute atomic E-state index is 12.4. The number of aliphatic carboxylic acids is 2. The summed E-state index contributed by atoms with van der Waals surface area (Å²) in [6.07, 6.45) is -2.35. The highest BCUT2D eigenvalue weighted by atomic mass is 19.4. The number of nitrogens with zero attached hydrogens (tertiary/aromatic N) is 3. The molecule has 1 aromatic heterocycles. The Morgan fingerprint density at radius 3 is 1.76 bits per heavy atom. The molecule has 0 aliphatic carbocycles. The van der Waals surface area contributed by atoms with Crippen LogP contribution in [0.1, 0.15) is 42.6 Å². The van der Waals surface area contributed by atoms with Crippen molar-refractivity contribution in [3.05, 3.63) is 30.1 Å². The number of rotatable bonds is 1. The maximum Gasteiger partial charge on any atom is 0.490 e. The number of carbonyl (C=O) groups is 3. The van der Waals surface area contributed by atoms with Crippen molar-refractivity contribution in [1.82, 2.24) is 14.8 Å². The van der Waals surface area contributed by atoms with E-state index in [9.17, 15) is 31.1 Å². The van der Waals surface area contributed by atoms with E-state index in [1.165, 1.54) is 25.8 Å². The van der Waals surface area contributed by atoms with Crippen molar-refractivity contribution in [3.63, 3.8) is 0 Å². The van der Waals surface area contributed by atoms with Crippen molar-refractivity contribution in [3.8, 4) is 0 Å². The number of pyridine rings is 1. The van der Waals surface area contributed by atoms with Gasteiger partial charge in [0.05, 0.1) is 0 Å². The van der Waals surface area contributed by atoms with Crippen LogP contribution < -0.4 is 0 Å². The molecule has 0 radical (unpaired) electrons. The lowest BCUT2D eigenvalue weighted by atomic mass is 9.79. The number of amides is 1. The van der Waals surface area contributed by atoms with Crippen LogP contribution in [0.5, 0.6) is 0 Å². The molecule has 192 valence electrons. The Kier molecular flexibility index (Phi) is 10.3. The van der Waals surface area contributed by atoms with Gasteiger partial charge in [0.1, 0.15) is 5.69 Å². The van der Waals surface area contributed by atoms with Crippen molar-refractivity contribution < 1.29 is 50.9 Å². The molecule has 1 aromatic rings. The first-order chi connectivity index (χ1) is 15.6. The van der Waals surface area contributed by atoms with Crippen LogP contribution in [-0.2, 0) is 9.59 Å². The topological polar surface area (TPSA) is 111 Å². The van der Waals surface area contributed by atoms with Crippen LogP contribution >= 0.6 is 0 Å². The summed E-state index contributed by atoms with van der Waals surface area (Å²) in [4.78, 5) is 38.9. The Hall–Kier alpha value is -2.90. The third kappa shape index (κ3) is 8.80. The molecule has 1 amide bonds. The molecule has 2 aliphatic heterocycles. The minimum Gasteiger partial charge on any atom is -0.475 e. The Morgan fingerprint density at radius 2 is 1.38 bits per heavy atom. The van der Waals surface area contributed by atoms with Crippen LogP contribution in [0.2, 0.25) is 0 Å². The van der Waals surface area contributed by atoms with E-state index < -0.39 is 24.3 Å². The van der Waals surface area contributed by atoms with Crippen molar-refractivity contribution in [2.45, 2.75) is 50.0 Å². The minimum absolute atomic E-state index is 0.0823. The van der Waals surface area contributed by atoms with Gasteiger partial charge in [-0.2, -0.15) is 26.3 Å². The summed E-state index contributed by atoms with van der Waals surface area (Å²) < 4.78 is 63.5. The molecule has 3 rings (SSSR count). The van der Waals surface area contributed by atoms with Gasteiger partial charge < -0.3 is 20.0 Å². The highest BCUT2D eigenvalue weighted by molar-refractivity contribution is 5.92. The quantitative estimate of drug-likeness (QED) is 0.568. The van der Waals surface area contributed by atoms with E-state index in [1.807, 2.05) is 17.0 Å². The number of carboxylic acid groups (broad SMARTS) is 2. The first-order valence-corrected chi connectivity index (χ1v) is 10.1. The van der Waals surface area contributed by atoms with E-state index in [0.29, 0.717) is 11.2 Å². The SMILES string of the molecule is CN1CCCCC12CCN(C(=O)c1ccccn1)CC2.O=C(O)C(F)(F)F.O=C(O)C(F)(F)F. The molecule has 2 aliphatic rings. The standard InChI is InChI=1S/C16H23N3O.2C2HF3O2/c1-18-11-5-3-7-16(18)8-12-19(13-9-16)15(20)14-6-2-4-10-17-14;2*3-2(4,5)1(6)7/h2,4,6,10H,3,5,7-9,11-13H2,1H3;2*(H,6,7). The summed E-state index contributed by atoms with van der Waals surface area (Å²) in [5, 5.41) is 14.2. The van der Waals surface area contributed by atoms with Gasteiger partial charge in [0.15, 0.2) is 0 Å². The molecular formula is C20H25F6N3O5. The van der Waals surface area contributed by atoms with E-state index in [1.54, 1.807) is 12.3 Å². The number of alkyl halides is 6. The van der Waals surface area contributed by atoms with Gasteiger partial charge in [0.2, 0.25) is 0 Å². The fourth-order valence-corrected chi connectivity index (χ4v) is 3.64. The van der Waals surface area contributed by atoms with Crippen LogP contribution in [0.4, 0.5) is 26.3 Å². The highest BCUT2D eigenvalue weighted by Crippen LogP contribution is 2.36. The van der Waals surface area contributed by atoms with Gasteiger partial charge in [-0.05, 0) is 51.4 Å². The molecule has 2 N–H and O–H groups in total. The average Bonchev–Trinajstić information content (AvgIpc) is 2.76. The van der Waals surface area contributed by atoms with Crippen molar-refractivity contribution >= 4 is 17.8 Å². The number of aromatic nitrogens is 1. The minimum atomic E-state index is -5.08. The smallest absolute Gasteiger partial charge is 0.475 e. The Bertz CT molecular complexity index is 800. The van der Waals surface area contributed by atoms with Crippen LogP contribution in [-0.4, -0.2) is 87.4 Å². The Labute approximate surface area is 191 Å². The summed E-state index contributed by atoms with van der Waals surface area (Å²) in [6.45, 7) is 2.92. The molecule has 34 heavy (non-hydrogen) atoms. The third-order valence-electron chi connectivity index (χ3n) is 5.55. The number of likely N-dealkylation sites (tertiary alicyclic amines) is 2. The zero-order chi connectivity index (χ0) is 26.2. The number of carbonyl (C=O) groups excluding carboxylic acids is 1. The number of carboxylic acids is 2. The van der Waals surface area contributed by atoms with E-state index in [4.69, 9.17) is 19.8 Å². The molecule has 0 saturated carbocycles. The molecule has 3 heterocycles. The molecule has 0 aromatic carbocycles. The van der Waals surface area contributed by atoms with E-state index in [0.717, 1.165) is 25.9 Å². The molecule has 8 nitrogen and oxygen atoms in total. The summed E-state index contributed by atoms with van der Waals surface area (Å²) in [5.74, 6) is -5.43. The second-order valence-electron chi connectivity index (χ2n) is 7.72. The third-order valence-corrected chi connectivity index (χ3v) is 5.55. The van der Waals surface area contributed by atoms with Crippen LogP contribution in [0, 0.1) is 0 Å². The predicted octanol–water partition coefficient (Wildman–Crippen LogP) is 3.44. The molecule has 2 fully saturated rings. The summed E-state index contributed by atoms with van der Waals surface area (Å²) >= 11 is 0. The Morgan fingerprint density at radius 1 is 0.882 bits per heavy atom. The summed E-state index contributed by atoms with van der Waals surface area (Å²) in [6, 6.07) is 5.53. The van der Waals surface area contributed by atoms with Gasteiger partial charge >= 0.3 is 24.3 Å². The van der Waals surface area contributed by atoms with Gasteiger partial charge in [-0.25, -0.2) is 9.59 Å². The summed E-state index contributed by atoms with van der Waals surface area (Å²) in [5.41, 5.74) is 0.916. The second-order valence-corrected chi connectivity index (χ2v) is 7.72. The van der Waals surface area contributed by atoms with Crippen LogP contribution in [0.25, 0.3) is 0 Å². The number of halogens is 6. The largest absolute Gasteiger partial charge is 0.490 e. The van der Waals surface area contributed by atoms with Crippen molar-refractivity contribution in [1.29, 1.82) is 0 Å². The van der Waals surface area contributed by atoms with Gasteiger partial charge in [0.25, 0.3) is 5.91 Å². The van der Waals surface area contributed by atoms with Gasteiger partial charge in [-0.15, -0.1) is 0 Å². The maximum atomic E-state index is 12.4. The predicted molar refractivity (Wildman–Crippen MR) is 106 cm³/mol. The monoisotopic (exact) mass is 501 g/mol. The fraction of sp³-hybridized carbons (Fsp3) is 0.600. The molecule has 0 bridgehead atoms. The molecule has 0 atom stereocenters. The number of hydrogen-bond donors (Lipinski definition) is 2. The fourth-order valence-electron chi connectivity index (χ4n) is 3.64. The zero-order valence-corrected chi connectivity index (χ0v) is 18.2. The molecule has 0 unspecified atom stereocenters. The number of piperidine rings is 2. The molecular weight excluding hydrogens is 476 g/mol. The molecule has 2 saturated heterocycles. The van der Waals surface area contributed by atoms with Crippen molar-refractivity contribution in [2.24, 2.45) is 0 Å². The summed E-state index contributed by atoms with van der Waals surface area (Å²) in [7, 11) is 2.25. The lowest BCUT2D eigenvalue weighted by molar-refractivity contribution is -0.193. The van der Waals surface area contributed by atoms with Crippen LogP contribution in [0.3, 0.4) is 0 Å². The highest BCUT2D eigenvalue weighted by Gasteiger charge is 2.41. The average molecular weight is 501 g/mol. The first-order valence-electron chi connectivity index (χ1n) is 10.1. The van der Waals surface area contributed by atoms with E-state index >= 15 is 0 Å². The molecule has 14 heteroatoms. The van der Waals surface area contributed by atoms with E-state index in [2.05, 4.69) is 16.9 Å². The van der Waals surface area contributed by atoms with E-state index in [-0.39, 0.29) is 5.91 Å². The lowest BCUT2D eigenvalue weighted by Crippen LogP contribution is -2.56. The second kappa shape index (κ2) is 12.0. The van der Waals surface area contributed by atoms with Crippen molar-refractivity contribution in [2.75, 3.05) is 26.7 Å². The van der Waals surface area contributed by atoms with Crippen LogP contribution in [0.15, 0.2) is 24.4 Å².